The van der Waals surface area contributed by atoms with Gasteiger partial charge in [-0.05, 0) is 42.8 Å². The number of anilines is 1. The minimum atomic E-state index is -3.85. The molecule has 158 valence electrons. The second-order valence-electron chi connectivity index (χ2n) is 6.35. The molecule has 0 saturated heterocycles. The van der Waals surface area contributed by atoms with Gasteiger partial charge in [-0.2, -0.15) is 0 Å². The van der Waals surface area contributed by atoms with Gasteiger partial charge in [0.1, 0.15) is 5.82 Å². The van der Waals surface area contributed by atoms with E-state index >= 15 is 0 Å². The lowest BCUT2D eigenvalue weighted by Crippen LogP contribution is -2.32. The highest BCUT2D eigenvalue weighted by molar-refractivity contribution is 7.92. The van der Waals surface area contributed by atoms with Gasteiger partial charge in [0, 0.05) is 13.0 Å². The lowest BCUT2D eigenvalue weighted by atomic mass is 10.1. The summed E-state index contributed by atoms with van der Waals surface area (Å²) in [4.78, 5) is 12.1. The number of carbonyl (C=O) groups excluding carboxylic acids is 1. The highest BCUT2D eigenvalue weighted by Crippen LogP contribution is 2.23. The molecule has 0 bridgehead atoms. The Kier molecular flexibility index (Phi) is 7.33. The number of halogens is 1. The van der Waals surface area contributed by atoms with Crippen LogP contribution in [0, 0.1) is 5.82 Å². The van der Waals surface area contributed by atoms with E-state index < -0.39 is 37.8 Å². The van der Waals surface area contributed by atoms with Gasteiger partial charge in [-0.25, -0.2) is 25.9 Å². The molecular weight excluding hydrogens is 421 g/mol. The average Bonchev–Trinajstić information content (AvgIpc) is 2.61. The number of amides is 1. The first-order valence-electron chi connectivity index (χ1n) is 8.59. The van der Waals surface area contributed by atoms with Crippen molar-refractivity contribution in [2.45, 2.75) is 24.3 Å². The van der Waals surface area contributed by atoms with Crippen molar-refractivity contribution >= 4 is 31.6 Å². The first-order valence-corrected chi connectivity index (χ1v) is 12.0. The van der Waals surface area contributed by atoms with Crippen molar-refractivity contribution in [1.29, 1.82) is 0 Å². The van der Waals surface area contributed by atoms with E-state index in [0.29, 0.717) is 11.3 Å². The quantitative estimate of drug-likeness (QED) is 0.545. The Morgan fingerprint density at radius 1 is 1.03 bits per heavy atom. The normalized spacial score (nSPS) is 12.9. The molecule has 1 amide bonds. The van der Waals surface area contributed by atoms with E-state index in [1.807, 2.05) is 0 Å². The van der Waals surface area contributed by atoms with Crippen LogP contribution in [0.3, 0.4) is 0 Å². The lowest BCUT2D eigenvalue weighted by Gasteiger charge is -2.18. The van der Waals surface area contributed by atoms with Crippen LogP contribution in [0.2, 0.25) is 0 Å². The Labute approximate surface area is 169 Å². The van der Waals surface area contributed by atoms with E-state index in [9.17, 15) is 26.0 Å². The summed E-state index contributed by atoms with van der Waals surface area (Å²) in [5.41, 5.74) is 0.915. The molecule has 3 N–H and O–H groups in total. The van der Waals surface area contributed by atoms with E-state index in [0.717, 1.165) is 30.5 Å². The van der Waals surface area contributed by atoms with Crippen LogP contribution >= 0.6 is 0 Å². The van der Waals surface area contributed by atoms with Crippen LogP contribution in [-0.4, -0.2) is 35.5 Å². The van der Waals surface area contributed by atoms with Crippen molar-refractivity contribution < 1.29 is 26.0 Å². The number of carbonyl (C=O) groups is 1. The standard InChI is InChI=1S/C18H22FN3O5S2/c1-13(16-5-3-4-6-17(16)22-28(2,24)25)21-18(23)11-12-20-29(26,27)15-9-7-14(19)8-10-15/h3-10,13,20,22H,11-12H2,1-2H3,(H,21,23). The SMILES string of the molecule is CC(NC(=O)CCNS(=O)(=O)c1ccc(F)cc1)c1ccccc1NS(C)(=O)=O. The predicted octanol–water partition coefficient (Wildman–Crippen LogP) is 1.74. The Balaban J connectivity index is 1.94. The predicted molar refractivity (Wildman–Crippen MR) is 108 cm³/mol. The van der Waals surface area contributed by atoms with E-state index in [1.165, 1.54) is 0 Å². The van der Waals surface area contributed by atoms with Crippen molar-refractivity contribution in [1.82, 2.24) is 10.0 Å². The molecule has 2 rings (SSSR count). The maximum Gasteiger partial charge on any atom is 0.240 e. The Bertz CT molecular complexity index is 1070. The molecule has 0 heterocycles. The minimum absolute atomic E-state index is 0.103. The minimum Gasteiger partial charge on any atom is -0.349 e. The Hall–Kier alpha value is -2.50. The fourth-order valence-electron chi connectivity index (χ4n) is 2.55. The molecule has 11 heteroatoms. The van der Waals surface area contributed by atoms with E-state index in [2.05, 4.69) is 14.8 Å². The zero-order chi connectivity index (χ0) is 21.7. The van der Waals surface area contributed by atoms with Crippen LogP contribution in [0.15, 0.2) is 53.4 Å². The molecule has 0 spiro atoms. The van der Waals surface area contributed by atoms with Gasteiger partial charge in [-0.15, -0.1) is 0 Å². The molecule has 0 fully saturated rings. The number of nitrogens with one attached hydrogen (secondary N) is 3. The van der Waals surface area contributed by atoms with Gasteiger partial charge < -0.3 is 5.32 Å². The highest BCUT2D eigenvalue weighted by atomic mass is 32.2. The van der Waals surface area contributed by atoms with Gasteiger partial charge in [0.15, 0.2) is 0 Å². The summed E-state index contributed by atoms with van der Waals surface area (Å²) >= 11 is 0. The van der Waals surface area contributed by atoms with Crippen molar-refractivity contribution in [3.63, 3.8) is 0 Å². The first kappa shape index (κ1) is 22.8. The number of hydrogen-bond acceptors (Lipinski definition) is 5. The fourth-order valence-corrected chi connectivity index (χ4v) is 4.17. The third-order valence-electron chi connectivity index (χ3n) is 3.87. The summed E-state index contributed by atoms with van der Waals surface area (Å²) in [6.07, 6.45) is 0.896. The number of sulfonamides is 2. The topological polar surface area (TPSA) is 121 Å². The maximum atomic E-state index is 12.9. The smallest absolute Gasteiger partial charge is 0.240 e. The molecular formula is C18H22FN3O5S2. The molecule has 29 heavy (non-hydrogen) atoms. The van der Waals surface area contributed by atoms with Gasteiger partial charge in [-0.3, -0.25) is 9.52 Å². The summed E-state index contributed by atoms with van der Waals surface area (Å²) in [5.74, 6) is -0.976. The molecule has 1 atom stereocenters. The van der Waals surface area contributed by atoms with Gasteiger partial charge in [0.2, 0.25) is 26.0 Å². The van der Waals surface area contributed by atoms with E-state index in [-0.39, 0.29) is 17.9 Å². The van der Waals surface area contributed by atoms with Crippen LogP contribution in [-0.2, 0) is 24.8 Å². The van der Waals surface area contributed by atoms with Crippen LogP contribution in [0.1, 0.15) is 24.9 Å². The van der Waals surface area contributed by atoms with Crippen molar-refractivity contribution in [2.24, 2.45) is 0 Å². The van der Waals surface area contributed by atoms with Crippen LogP contribution in [0.5, 0.6) is 0 Å². The van der Waals surface area contributed by atoms with Gasteiger partial charge in [0.25, 0.3) is 0 Å². The average molecular weight is 444 g/mol. The molecule has 2 aromatic rings. The van der Waals surface area contributed by atoms with Crippen LogP contribution in [0.4, 0.5) is 10.1 Å². The molecule has 0 aliphatic heterocycles. The maximum absolute atomic E-state index is 12.9. The van der Waals surface area contributed by atoms with Crippen LogP contribution in [0.25, 0.3) is 0 Å². The third kappa shape index (κ3) is 7.11. The lowest BCUT2D eigenvalue weighted by molar-refractivity contribution is -0.121. The van der Waals surface area contributed by atoms with Crippen LogP contribution < -0.4 is 14.8 Å². The van der Waals surface area contributed by atoms with Crippen molar-refractivity contribution in [2.75, 3.05) is 17.5 Å². The summed E-state index contributed by atoms with van der Waals surface area (Å²) in [7, 11) is -7.34. The molecule has 0 radical (unpaired) electrons. The number of benzene rings is 2. The molecule has 0 saturated carbocycles. The highest BCUT2D eigenvalue weighted by Gasteiger charge is 2.17. The van der Waals surface area contributed by atoms with E-state index in [1.54, 1.807) is 31.2 Å². The summed E-state index contributed by atoms with van der Waals surface area (Å²) in [5, 5.41) is 2.70. The number of hydrogen-bond donors (Lipinski definition) is 3. The van der Waals surface area contributed by atoms with E-state index in [4.69, 9.17) is 0 Å². The third-order valence-corrected chi connectivity index (χ3v) is 5.94. The molecule has 0 aromatic heterocycles. The Morgan fingerprint density at radius 3 is 2.28 bits per heavy atom. The van der Waals surface area contributed by atoms with Gasteiger partial charge >= 0.3 is 0 Å². The number of rotatable bonds is 9. The van der Waals surface area contributed by atoms with Gasteiger partial charge in [0.05, 0.1) is 22.9 Å². The Morgan fingerprint density at radius 2 is 1.66 bits per heavy atom. The van der Waals surface area contributed by atoms with Crippen molar-refractivity contribution in [3.8, 4) is 0 Å². The molecule has 2 aromatic carbocycles. The zero-order valence-corrected chi connectivity index (χ0v) is 17.5. The molecule has 8 nitrogen and oxygen atoms in total. The van der Waals surface area contributed by atoms with Crippen molar-refractivity contribution in [3.05, 3.63) is 59.9 Å². The number of para-hydroxylation sites is 1. The molecule has 0 aliphatic rings. The van der Waals surface area contributed by atoms with Gasteiger partial charge in [-0.1, -0.05) is 18.2 Å². The zero-order valence-electron chi connectivity index (χ0n) is 15.8. The summed E-state index contributed by atoms with van der Waals surface area (Å²) in [6, 6.07) is 10.4. The summed E-state index contributed by atoms with van der Waals surface area (Å²) < 4.78 is 64.8. The second-order valence-corrected chi connectivity index (χ2v) is 9.87. The first-order chi connectivity index (χ1) is 13.5. The molecule has 0 aliphatic carbocycles. The second kappa shape index (κ2) is 9.33. The fraction of sp³-hybridized carbons (Fsp3) is 0.278. The largest absolute Gasteiger partial charge is 0.349 e. The molecule has 1 unspecified atom stereocenters. The monoisotopic (exact) mass is 443 g/mol. The summed E-state index contributed by atoms with van der Waals surface area (Å²) in [6.45, 7) is 1.53.